The zero-order valence-electron chi connectivity index (χ0n) is 16.6. The quantitative estimate of drug-likeness (QED) is 0.124. The number of carbonyl (C=O) groups excluding carboxylic acids is 2. The number of hydrogen-bond acceptors (Lipinski definition) is 8. The van der Waals surface area contributed by atoms with Gasteiger partial charge in [-0.2, -0.15) is 0 Å². The first kappa shape index (κ1) is 26.2. The summed E-state index contributed by atoms with van der Waals surface area (Å²) in [4.78, 5) is 33.6. The monoisotopic (exact) mass is 411 g/mol. The molecule has 1 unspecified atom stereocenters. The van der Waals surface area contributed by atoms with Crippen LogP contribution in [0.3, 0.4) is 0 Å². The summed E-state index contributed by atoms with van der Waals surface area (Å²) in [7, 11) is 1.17. The molecule has 0 spiro atoms. The maximum atomic E-state index is 11.7. The number of likely N-dealkylation sites (N-methyl/N-ethyl adjacent to an activating group) is 1. The van der Waals surface area contributed by atoms with E-state index in [4.69, 9.17) is 9.26 Å². The van der Waals surface area contributed by atoms with E-state index in [0.29, 0.717) is 23.9 Å². The Balaban J connectivity index is 3.99. The topological polar surface area (TPSA) is 122 Å². The fraction of sp³-hybridized carbons (Fsp3) is 0.882. The highest BCUT2D eigenvalue weighted by atomic mass is 31.2. The van der Waals surface area contributed by atoms with Crippen LogP contribution < -0.4 is 4.89 Å². The number of quaternary nitrogens is 1. The van der Waals surface area contributed by atoms with Gasteiger partial charge in [0.25, 0.3) is 7.82 Å². The zero-order chi connectivity index (χ0) is 20.8. The van der Waals surface area contributed by atoms with E-state index in [1.165, 1.54) is 0 Å². The van der Waals surface area contributed by atoms with Crippen molar-refractivity contribution in [1.29, 1.82) is 0 Å². The van der Waals surface area contributed by atoms with Gasteiger partial charge in [0, 0.05) is 12.8 Å². The van der Waals surface area contributed by atoms with Crippen LogP contribution in [0.15, 0.2) is 0 Å². The van der Waals surface area contributed by atoms with Gasteiger partial charge in [-0.3, -0.25) is 9.36 Å². The van der Waals surface area contributed by atoms with Crippen molar-refractivity contribution < 1.29 is 42.4 Å². The average Bonchev–Trinajstić information content (AvgIpc) is 2.56. The maximum Gasteiger partial charge on any atom is 0.306 e. The van der Waals surface area contributed by atoms with Gasteiger partial charge in [-0.1, -0.05) is 19.3 Å². The van der Waals surface area contributed by atoms with Crippen LogP contribution in [0.25, 0.3) is 0 Å². The number of carbonyl (C=O) groups is 2. The van der Waals surface area contributed by atoms with Crippen LogP contribution in [0.4, 0.5) is 0 Å². The van der Waals surface area contributed by atoms with Gasteiger partial charge < -0.3 is 33.1 Å². The Morgan fingerprint density at radius 2 is 1.78 bits per heavy atom. The van der Waals surface area contributed by atoms with Crippen molar-refractivity contribution in [3.05, 3.63) is 0 Å². The zero-order valence-corrected chi connectivity index (χ0v) is 17.5. The van der Waals surface area contributed by atoms with Crippen molar-refractivity contribution in [1.82, 2.24) is 0 Å². The number of phosphoric ester groups is 1. The smallest absolute Gasteiger partial charge is 0.306 e. The Morgan fingerprint density at radius 3 is 2.37 bits per heavy atom. The lowest BCUT2D eigenvalue weighted by atomic mass is 10.1. The van der Waals surface area contributed by atoms with Crippen LogP contribution in [0.5, 0.6) is 0 Å². The van der Waals surface area contributed by atoms with Gasteiger partial charge in [0.05, 0.1) is 34.4 Å². The van der Waals surface area contributed by atoms with Crippen molar-refractivity contribution in [2.45, 2.75) is 51.0 Å². The first-order valence-electron chi connectivity index (χ1n) is 9.24. The molecule has 160 valence electrons. The molecule has 0 aromatic rings. The van der Waals surface area contributed by atoms with Crippen LogP contribution >= 0.6 is 7.82 Å². The van der Waals surface area contributed by atoms with Crippen molar-refractivity contribution in [2.24, 2.45) is 0 Å². The minimum atomic E-state index is -4.52. The molecular formula is C17H34NO8P. The lowest BCUT2D eigenvalue weighted by Gasteiger charge is -2.28. The molecule has 0 radical (unpaired) electrons. The average molecular weight is 411 g/mol. The second-order valence-corrected chi connectivity index (χ2v) is 8.77. The van der Waals surface area contributed by atoms with Crippen molar-refractivity contribution in [3.8, 4) is 0 Å². The van der Waals surface area contributed by atoms with Gasteiger partial charge in [0.2, 0.25) is 0 Å². The molecule has 0 fully saturated rings. The van der Waals surface area contributed by atoms with Crippen molar-refractivity contribution in [2.75, 3.05) is 47.5 Å². The number of aliphatic hydroxyl groups is 1. The molecular weight excluding hydrogens is 377 g/mol. The Kier molecular flexibility index (Phi) is 13.8. The number of nitrogens with zero attached hydrogens (tertiary/aromatic N) is 1. The number of hydrogen-bond donors (Lipinski definition) is 1. The normalized spacial score (nSPS) is 15.1. The third kappa shape index (κ3) is 17.0. The van der Waals surface area contributed by atoms with E-state index in [1.54, 1.807) is 0 Å². The summed E-state index contributed by atoms with van der Waals surface area (Å²) in [6, 6.07) is 0. The van der Waals surface area contributed by atoms with E-state index < -0.39 is 33.1 Å². The SMILES string of the molecule is C[N+](C)(C)CCOP(=O)([O-])OC[C@@H](CO)OC(=O)CCCCCCCC=O. The summed E-state index contributed by atoms with van der Waals surface area (Å²) in [6.07, 6.45) is 4.76. The summed E-state index contributed by atoms with van der Waals surface area (Å²) >= 11 is 0. The molecule has 0 aliphatic heterocycles. The van der Waals surface area contributed by atoms with E-state index in [0.717, 1.165) is 32.0 Å². The maximum absolute atomic E-state index is 11.7. The van der Waals surface area contributed by atoms with Gasteiger partial charge in [0.15, 0.2) is 0 Å². The van der Waals surface area contributed by atoms with Crippen LogP contribution in [0.1, 0.15) is 44.9 Å². The number of aliphatic hydroxyl groups excluding tert-OH is 1. The van der Waals surface area contributed by atoms with Gasteiger partial charge in [-0.05, 0) is 12.8 Å². The molecule has 0 amide bonds. The summed E-state index contributed by atoms with van der Waals surface area (Å²) < 4.78 is 26.7. The van der Waals surface area contributed by atoms with Gasteiger partial charge in [-0.25, -0.2) is 0 Å². The van der Waals surface area contributed by atoms with Crippen molar-refractivity contribution >= 4 is 20.1 Å². The fourth-order valence-electron chi connectivity index (χ4n) is 2.03. The van der Waals surface area contributed by atoms with Gasteiger partial charge in [-0.15, -0.1) is 0 Å². The number of aldehydes is 1. The Morgan fingerprint density at radius 1 is 1.15 bits per heavy atom. The first-order chi connectivity index (χ1) is 12.6. The number of unbranched alkanes of at least 4 members (excludes halogenated alkanes) is 5. The number of esters is 1. The van der Waals surface area contributed by atoms with Gasteiger partial charge >= 0.3 is 5.97 Å². The Labute approximate surface area is 161 Å². The Bertz CT molecular complexity index is 466. The molecule has 10 heteroatoms. The third-order valence-electron chi connectivity index (χ3n) is 3.63. The second-order valence-electron chi connectivity index (χ2n) is 7.36. The summed E-state index contributed by atoms with van der Waals surface area (Å²) in [5.41, 5.74) is 0. The number of ether oxygens (including phenoxy) is 1. The number of phosphoric acid groups is 1. The fourth-order valence-corrected chi connectivity index (χ4v) is 2.76. The number of rotatable bonds is 17. The predicted octanol–water partition coefficient (Wildman–Crippen LogP) is 1.03. The standard InChI is InChI=1S/C17H34NO8P/c1-18(2,3)11-13-24-27(22,23)25-15-16(14-20)26-17(21)10-8-6-4-5-7-9-12-19/h12,16,20H,4-11,13-15H2,1-3H3/t16-/m1/s1. The summed E-state index contributed by atoms with van der Waals surface area (Å²) in [6.45, 7) is -0.584. The van der Waals surface area contributed by atoms with E-state index in [1.807, 2.05) is 21.1 Å². The Hall–Kier alpha value is -0.830. The predicted molar refractivity (Wildman–Crippen MR) is 97.8 cm³/mol. The highest BCUT2D eigenvalue weighted by Crippen LogP contribution is 2.38. The van der Waals surface area contributed by atoms with E-state index in [9.17, 15) is 24.2 Å². The van der Waals surface area contributed by atoms with Crippen LogP contribution in [0.2, 0.25) is 0 Å². The third-order valence-corrected chi connectivity index (χ3v) is 4.60. The molecule has 0 saturated heterocycles. The lowest BCUT2D eigenvalue weighted by Crippen LogP contribution is -2.37. The molecule has 0 heterocycles. The highest BCUT2D eigenvalue weighted by Gasteiger charge is 2.19. The molecule has 0 rings (SSSR count). The second kappa shape index (κ2) is 14.2. The highest BCUT2D eigenvalue weighted by molar-refractivity contribution is 7.45. The van der Waals surface area contributed by atoms with Crippen LogP contribution in [-0.4, -0.2) is 75.5 Å². The molecule has 0 saturated carbocycles. The van der Waals surface area contributed by atoms with E-state index >= 15 is 0 Å². The lowest BCUT2D eigenvalue weighted by molar-refractivity contribution is -0.870. The van der Waals surface area contributed by atoms with Gasteiger partial charge in [0.1, 0.15) is 25.5 Å². The molecule has 0 aliphatic carbocycles. The summed E-state index contributed by atoms with van der Waals surface area (Å²) in [5, 5.41) is 9.23. The molecule has 0 bridgehead atoms. The molecule has 27 heavy (non-hydrogen) atoms. The van der Waals surface area contributed by atoms with Crippen molar-refractivity contribution in [3.63, 3.8) is 0 Å². The molecule has 9 nitrogen and oxygen atoms in total. The minimum Gasteiger partial charge on any atom is -0.756 e. The van der Waals surface area contributed by atoms with Crippen LogP contribution in [-0.2, 0) is 27.9 Å². The largest absolute Gasteiger partial charge is 0.756 e. The summed E-state index contributed by atoms with van der Waals surface area (Å²) in [5.74, 6) is -0.516. The molecule has 1 N–H and O–H groups in total. The molecule has 2 atom stereocenters. The van der Waals surface area contributed by atoms with E-state index in [2.05, 4.69) is 4.52 Å². The first-order valence-corrected chi connectivity index (χ1v) is 10.7. The molecule has 0 aromatic carbocycles. The van der Waals surface area contributed by atoms with E-state index in [-0.39, 0.29) is 13.0 Å². The van der Waals surface area contributed by atoms with Crippen LogP contribution in [0, 0.1) is 0 Å². The molecule has 0 aliphatic rings. The minimum absolute atomic E-state index is 0.0271. The molecule has 0 aromatic heterocycles.